The van der Waals surface area contributed by atoms with Crippen LogP contribution in [0.3, 0.4) is 0 Å². The predicted octanol–water partition coefficient (Wildman–Crippen LogP) is 2.91. The van der Waals surface area contributed by atoms with Gasteiger partial charge in [-0.15, -0.1) is 0 Å². The largest absolute Gasteiger partial charge is 0.496 e. The minimum absolute atomic E-state index is 0.0712. The van der Waals surface area contributed by atoms with Gasteiger partial charge in [0.05, 0.1) is 18.1 Å². The Hall–Kier alpha value is -2.44. The molecule has 2 aromatic rings. The zero-order valence-electron chi connectivity index (χ0n) is 14.6. The molecule has 6 nitrogen and oxygen atoms in total. The van der Waals surface area contributed by atoms with Crippen molar-refractivity contribution < 1.29 is 9.66 Å². The Kier molecular flexibility index (Phi) is 5.31. The molecule has 1 saturated heterocycles. The minimum Gasteiger partial charge on any atom is -0.496 e. The van der Waals surface area contributed by atoms with Gasteiger partial charge in [-0.2, -0.15) is 0 Å². The third-order valence-corrected chi connectivity index (χ3v) is 4.72. The van der Waals surface area contributed by atoms with E-state index in [0.29, 0.717) is 5.75 Å². The smallest absolute Gasteiger partial charge is 0.270 e. The monoisotopic (exact) mass is 341 g/mol. The SMILES string of the molecule is COc1ccc([N+](=O)[O-])cc1C(c1ccccc1C)N1CCNCC1. The molecule has 1 aliphatic heterocycles. The summed E-state index contributed by atoms with van der Waals surface area (Å²) in [5, 5.41) is 14.7. The molecule has 1 unspecified atom stereocenters. The van der Waals surface area contributed by atoms with Gasteiger partial charge >= 0.3 is 0 Å². The number of nitrogens with zero attached hydrogens (tertiary/aromatic N) is 2. The molecule has 1 fully saturated rings. The summed E-state index contributed by atoms with van der Waals surface area (Å²) in [6, 6.07) is 13.0. The van der Waals surface area contributed by atoms with Crippen LogP contribution in [0.15, 0.2) is 42.5 Å². The third kappa shape index (κ3) is 3.65. The van der Waals surface area contributed by atoms with Gasteiger partial charge in [0.25, 0.3) is 5.69 Å². The van der Waals surface area contributed by atoms with Crippen molar-refractivity contribution in [1.82, 2.24) is 10.2 Å². The number of rotatable bonds is 5. The summed E-state index contributed by atoms with van der Waals surface area (Å²) in [4.78, 5) is 13.3. The zero-order chi connectivity index (χ0) is 17.8. The molecule has 0 amide bonds. The Morgan fingerprint density at radius 1 is 1.16 bits per heavy atom. The van der Waals surface area contributed by atoms with E-state index >= 15 is 0 Å². The van der Waals surface area contributed by atoms with E-state index in [0.717, 1.165) is 37.3 Å². The van der Waals surface area contributed by atoms with Crippen molar-refractivity contribution in [1.29, 1.82) is 0 Å². The lowest BCUT2D eigenvalue weighted by molar-refractivity contribution is -0.385. The molecule has 2 aromatic carbocycles. The molecule has 1 atom stereocenters. The third-order valence-electron chi connectivity index (χ3n) is 4.72. The van der Waals surface area contributed by atoms with Crippen molar-refractivity contribution in [3.8, 4) is 5.75 Å². The first kappa shape index (κ1) is 17.4. The van der Waals surface area contributed by atoms with Gasteiger partial charge in [-0.3, -0.25) is 15.0 Å². The first-order valence-electron chi connectivity index (χ1n) is 8.44. The van der Waals surface area contributed by atoms with E-state index in [1.165, 1.54) is 11.6 Å². The standard InChI is InChI=1S/C19H23N3O3/c1-14-5-3-4-6-16(14)19(21-11-9-20-10-12-21)17-13-15(22(23)24)7-8-18(17)25-2/h3-8,13,19-20H,9-12H2,1-2H3. The second kappa shape index (κ2) is 7.63. The Morgan fingerprint density at radius 3 is 2.52 bits per heavy atom. The summed E-state index contributed by atoms with van der Waals surface area (Å²) in [6.45, 7) is 5.64. The quantitative estimate of drug-likeness (QED) is 0.669. The first-order chi connectivity index (χ1) is 12.1. The summed E-state index contributed by atoms with van der Waals surface area (Å²) in [6.07, 6.45) is 0. The number of nitro benzene ring substituents is 1. The molecule has 0 spiro atoms. The number of ether oxygens (including phenoxy) is 1. The van der Waals surface area contributed by atoms with Crippen LogP contribution in [0.5, 0.6) is 5.75 Å². The lowest BCUT2D eigenvalue weighted by Gasteiger charge is -2.36. The van der Waals surface area contributed by atoms with Gasteiger partial charge < -0.3 is 10.1 Å². The average molecular weight is 341 g/mol. The molecule has 132 valence electrons. The highest BCUT2D eigenvalue weighted by Crippen LogP contribution is 2.38. The molecule has 1 aliphatic rings. The lowest BCUT2D eigenvalue weighted by atomic mass is 9.92. The van der Waals surface area contributed by atoms with Crippen LogP contribution in [0.2, 0.25) is 0 Å². The van der Waals surface area contributed by atoms with Crippen LogP contribution in [0.1, 0.15) is 22.7 Å². The van der Waals surface area contributed by atoms with E-state index in [1.807, 2.05) is 12.1 Å². The van der Waals surface area contributed by atoms with Gasteiger partial charge in [0.15, 0.2) is 0 Å². The molecule has 25 heavy (non-hydrogen) atoms. The Labute approximate surface area is 147 Å². The van der Waals surface area contributed by atoms with E-state index in [9.17, 15) is 10.1 Å². The highest BCUT2D eigenvalue weighted by Gasteiger charge is 2.29. The van der Waals surface area contributed by atoms with Crippen LogP contribution < -0.4 is 10.1 Å². The fraction of sp³-hybridized carbons (Fsp3) is 0.368. The second-order valence-corrected chi connectivity index (χ2v) is 6.23. The molecule has 6 heteroatoms. The van der Waals surface area contributed by atoms with Gasteiger partial charge in [0, 0.05) is 43.9 Å². The van der Waals surface area contributed by atoms with Crippen LogP contribution in [0.25, 0.3) is 0 Å². The van der Waals surface area contributed by atoms with E-state index in [-0.39, 0.29) is 16.7 Å². The van der Waals surface area contributed by atoms with Gasteiger partial charge in [0.1, 0.15) is 5.75 Å². The van der Waals surface area contributed by atoms with E-state index in [4.69, 9.17) is 4.74 Å². The molecule has 0 saturated carbocycles. The van der Waals surface area contributed by atoms with Crippen LogP contribution >= 0.6 is 0 Å². The van der Waals surface area contributed by atoms with Crippen LogP contribution in [-0.4, -0.2) is 43.1 Å². The van der Waals surface area contributed by atoms with Crippen molar-refractivity contribution >= 4 is 5.69 Å². The predicted molar refractivity (Wildman–Crippen MR) is 97.1 cm³/mol. The zero-order valence-corrected chi connectivity index (χ0v) is 14.6. The molecule has 0 radical (unpaired) electrons. The Balaban J connectivity index is 2.15. The van der Waals surface area contributed by atoms with Crippen molar-refractivity contribution in [3.63, 3.8) is 0 Å². The van der Waals surface area contributed by atoms with E-state index in [1.54, 1.807) is 19.2 Å². The number of nitro groups is 1. The van der Waals surface area contributed by atoms with Crippen LogP contribution in [0.4, 0.5) is 5.69 Å². The van der Waals surface area contributed by atoms with Crippen molar-refractivity contribution in [2.24, 2.45) is 0 Å². The number of aryl methyl sites for hydroxylation is 1. The highest BCUT2D eigenvalue weighted by molar-refractivity contribution is 5.49. The fourth-order valence-electron chi connectivity index (χ4n) is 3.44. The number of methoxy groups -OCH3 is 1. The molecular weight excluding hydrogens is 318 g/mol. The number of benzene rings is 2. The van der Waals surface area contributed by atoms with E-state index in [2.05, 4.69) is 29.3 Å². The number of nitrogens with one attached hydrogen (secondary N) is 1. The van der Waals surface area contributed by atoms with Gasteiger partial charge in [-0.05, 0) is 24.1 Å². The first-order valence-corrected chi connectivity index (χ1v) is 8.44. The lowest BCUT2D eigenvalue weighted by Crippen LogP contribution is -2.45. The summed E-state index contributed by atoms with van der Waals surface area (Å²) >= 11 is 0. The van der Waals surface area contributed by atoms with Crippen molar-refractivity contribution in [3.05, 3.63) is 69.3 Å². The van der Waals surface area contributed by atoms with Crippen molar-refractivity contribution in [2.45, 2.75) is 13.0 Å². The molecule has 1 N–H and O–H groups in total. The number of non-ortho nitro benzene ring substituents is 1. The number of hydrogen-bond acceptors (Lipinski definition) is 5. The maximum atomic E-state index is 11.3. The molecule has 0 bridgehead atoms. The molecule has 0 aliphatic carbocycles. The van der Waals surface area contributed by atoms with Gasteiger partial charge in [-0.1, -0.05) is 24.3 Å². The summed E-state index contributed by atoms with van der Waals surface area (Å²) in [5.74, 6) is 0.678. The maximum absolute atomic E-state index is 11.3. The second-order valence-electron chi connectivity index (χ2n) is 6.23. The molecule has 1 heterocycles. The Morgan fingerprint density at radius 2 is 1.88 bits per heavy atom. The normalized spacial score (nSPS) is 16.4. The van der Waals surface area contributed by atoms with Crippen LogP contribution in [-0.2, 0) is 0 Å². The highest BCUT2D eigenvalue weighted by atomic mass is 16.6. The Bertz CT molecular complexity index is 757. The minimum atomic E-state index is -0.352. The summed E-state index contributed by atoms with van der Waals surface area (Å²) in [5.41, 5.74) is 3.25. The topological polar surface area (TPSA) is 67.6 Å². The number of piperazine rings is 1. The van der Waals surface area contributed by atoms with Gasteiger partial charge in [0.2, 0.25) is 0 Å². The summed E-state index contributed by atoms with van der Waals surface area (Å²) < 4.78 is 5.55. The average Bonchev–Trinajstić information content (AvgIpc) is 2.64. The van der Waals surface area contributed by atoms with Crippen LogP contribution in [0, 0.1) is 17.0 Å². The molecule has 0 aromatic heterocycles. The van der Waals surface area contributed by atoms with E-state index < -0.39 is 0 Å². The summed E-state index contributed by atoms with van der Waals surface area (Å²) in [7, 11) is 1.61. The van der Waals surface area contributed by atoms with Gasteiger partial charge in [-0.25, -0.2) is 0 Å². The maximum Gasteiger partial charge on any atom is 0.270 e. The number of hydrogen-bond donors (Lipinski definition) is 1. The molecular formula is C19H23N3O3. The van der Waals surface area contributed by atoms with Crippen molar-refractivity contribution in [2.75, 3.05) is 33.3 Å². The fourth-order valence-corrected chi connectivity index (χ4v) is 3.44. The molecule has 3 rings (SSSR count).